The Balaban J connectivity index is 2.80. The first kappa shape index (κ1) is 10.8. The molecule has 16 heavy (non-hydrogen) atoms. The fraction of sp³-hybridized carbons (Fsp3) is 0.333. The lowest BCUT2D eigenvalue weighted by atomic mass is 10.1. The Bertz CT molecular complexity index is 519. The summed E-state index contributed by atoms with van der Waals surface area (Å²) in [6, 6.07) is 5.48. The lowest BCUT2D eigenvalue weighted by Crippen LogP contribution is -2.03. The van der Waals surface area contributed by atoms with Gasteiger partial charge >= 0.3 is 0 Å². The van der Waals surface area contributed by atoms with Gasteiger partial charge in [0.2, 0.25) is 5.88 Å². The summed E-state index contributed by atoms with van der Waals surface area (Å²) in [4.78, 5) is 0. The van der Waals surface area contributed by atoms with Crippen LogP contribution in [-0.4, -0.2) is 16.3 Å². The molecule has 0 saturated heterocycles. The van der Waals surface area contributed by atoms with Crippen LogP contribution in [0.4, 0.5) is 10.1 Å². The first-order valence-corrected chi connectivity index (χ1v) is 5.35. The normalized spacial score (nSPS) is 11.1. The molecular formula is C12H15FN2O. The van der Waals surface area contributed by atoms with Gasteiger partial charge in [-0.25, -0.2) is 4.39 Å². The SMILES string of the molecule is CCc1c2cccc(N)c2c(O)n1CCF. The van der Waals surface area contributed by atoms with Crippen LogP contribution in [0.2, 0.25) is 0 Å². The summed E-state index contributed by atoms with van der Waals surface area (Å²) in [5, 5.41) is 11.6. The Morgan fingerprint density at radius 1 is 1.44 bits per heavy atom. The van der Waals surface area contributed by atoms with Crippen molar-refractivity contribution in [3.8, 4) is 5.88 Å². The van der Waals surface area contributed by atoms with Crippen LogP contribution in [0.1, 0.15) is 12.6 Å². The summed E-state index contributed by atoms with van der Waals surface area (Å²) in [6.45, 7) is 1.65. The zero-order chi connectivity index (χ0) is 11.7. The van der Waals surface area contributed by atoms with Gasteiger partial charge in [-0.2, -0.15) is 0 Å². The Morgan fingerprint density at radius 3 is 2.81 bits per heavy atom. The van der Waals surface area contributed by atoms with Gasteiger partial charge in [0.05, 0.1) is 11.9 Å². The molecular weight excluding hydrogens is 207 g/mol. The average Bonchev–Trinajstić information content (AvgIpc) is 2.54. The number of benzene rings is 1. The van der Waals surface area contributed by atoms with Crippen LogP contribution in [0.15, 0.2) is 18.2 Å². The second-order valence-electron chi connectivity index (χ2n) is 3.73. The maximum absolute atomic E-state index is 12.4. The van der Waals surface area contributed by atoms with E-state index in [9.17, 15) is 9.50 Å². The quantitative estimate of drug-likeness (QED) is 0.784. The number of alkyl halides is 1. The molecule has 0 unspecified atom stereocenters. The van der Waals surface area contributed by atoms with Gasteiger partial charge < -0.3 is 15.4 Å². The Labute approximate surface area is 93.3 Å². The second kappa shape index (κ2) is 4.04. The molecule has 2 rings (SSSR count). The Morgan fingerprint density at radius 2 is 2.19 bits per heavy atom. The van der Waals surface area contributed by atoms with Crippen molar-refractivity contribution in [1.29, 1.82) is 0 Å². The summed E-state index contributed by atoms with van der Waals surface area (Å²) in [6.07, 6.45) is 0.737. The number of fused-ring (bicyclic) bond motifs is 1. The van der Waals surface area contributed by atoms with Crippen molar-refractivity contribution in [3.05, 3.63) is 23.9 Å². The number of aryl methyl sites for hydroxylation is 1. The molecule has 1 aromatic carbocycles. The van der Waals surface area contributed by atoms with Crippen molar-refractivity contribution < 1.29 is 9.50 Å². The van der Waals surface area contributed by atoms with Crippen LogP contribution in [0.25, 0.3) is 10.8 Å². The molecule has 0 saturated carbocycles. The minimum Gasteiger partial charge on any atom is -0.494 e. The van der Waals surface area contributed by atoms with Gasteiger partial charge in [-0.3, -0.25) is 0 Å². The zero-order valence-corrected chi connectivity index (χ0v) is 9.20. The molecule has 86 valence electrons. The highest BCUT2D eigenvalue weighted by Gasteiger charge is 2.16. The predicted octanol–water partition coefficient (Wildman–Crippen LogP) is 2.46. The van der Waals surface area contributed by atoms with Crippen molar-refractivity contribution in [2.45, 2.75) is 19.9 Å². The van der Waals surface area contributed by atoms with Gasteiger partial charge in [-0.1, -0.05) is 19.1 Å². The maximum Gasteiger partial charge on any atom is 0.201 e. The van der Waals surface area contributed by atoms with Crippen molar-refractivity contribution in [2.75, 3.05) is 12.4 Å². The summed E-state index contributed by atoms with van der Waals surface area (Å²) >= 11 is 0. The predicted molar refractivity (Wildman–Crippen MR) is 63.4 cm³/mol. The van der Waals surface area contributed by atoms with Gasteiger partial charge in [0, 0.05) is 16.8 Å². The minimum atomic E-state index is -0.499. The number of aromatic hydroxyl groups is 1. The van der Waals surface area contributed by atoms with Gasteiger partial charge in [0.25, 0.3) is 0 Å². The number of nitrogen functional groups attached to an aromatic ring is 1. The van der Waals surface area contributed by atoms with Crippen LogP contribution < -0.4 is 5.73 Å². The lowest BCUT2D eigenvalue weighted by molar-refractivity contribution is 0.382. The first-order valence-electron chi connectivity index (χ1n) is 5.35. The molecule has 3 nitrogen and oxygen atoms in total. The van der Waals surface area contributed by atoms with Gasteiger partial charge in [-0.05, 0) is 12.5 Å². The largest absolute Gasteiger partial charge is 0.494 e. The average molecular weight is 222 g/mol. The van der Waals surface area contributed by atoms with E-state index >= 15 is 0 Å². The molecule has 1 aromatic heterocycles. The van der Waals surface area contributed by atoms with E-state index in [1.807, 2.05) is 19.1 Å². The first-order chi connectivity index (χ1) is 7.70. The fourth-order valence-electron chi connectivity index (χ4n) is 2.18. The Hall–Kier alpha value is -1.71. The molecule has 0 aliphatic rings. The van der Waals surface area contributed by atoms with Gasteiger partial charge in [-0.15, -0.1) is 0 Å². The molecule has 0 fully saturated rings. The number of halogens is 1. The second-order valence-corrected chi connectivity index (χ2v) is 3.73. The number of hydrogen-bond acceptors (Lipinski definition) is 2. The maximum atomic E-state index is 12.4. The third-order valence-corrected chi connectivity index (χ3v) is 2.86. The number of nitrogens with zero attached hydrogens (tertiary/aromatic N) is 1. The molecule has 2 aromatic rings. The van der Waals surface area contributed by atoms with Crippen molar-refractivity contribution in [3.63, 3.8) is 0 Å². The summed E-state index contributed by atoms with van der Waals surface area (Å²) in [5.41, 5.74) is 7.28. The molecule has 4 heteroatoms. The molecule has 3 N–H and O–H groups in total. The van der Waals surface area contributed by atoms with Crippen LogP contribution in [0, 0.1) is 0 Å². The standard InChI is InChI=1S/C12H15FN2O/c1-2-10-8-4-3-5-9(14)11(8)12(16)15(10)7-6-13/h3-5,16H,2,6-7,14H2,1H3. The van der Waals surface area contributed by atoms with E-state index in [1.54, 1.807) is 10.6 Å². The van der Waals surface area contributed by atoms with Crippen LogP contribution in [0.5, 0.6) is 5.88 Å². The highest BCUT2D eigenvalue weighted by Crippen LogP contribution is 2.35. The number of nitrogens with two attached hydrogens (primary N) is 1. The molecule has 0 spiro atoms. The van der Waals surface area contributed by atoms with Gasteiger partial charge in [0.15, 0.2) is 0 Å². The van der Waals surface area contributed by atoms with E-state index in [4.69, 9.17) is 5.73 Å². The van der Waals surface area contributed by atoms with E-state index in [0.29, 0.717) is 11.1 Å². The molecule has 0 atom stereocenters. The number of hydrogen-bond donors (Lipinski definition) is 2. The number of anilines is 1. The van der Waals surface area contributed by atoms with Crippen molar-refractivity contribution in [1.82, 2.24) is 4.57 Å². The van der Waals surface area contributed by atoms with Crippen molar-refractivity contribution >= 4 is 16.5 Å². The third kappa shape index (κ3) is 1.41. The molecule has 1 heterocycles. The topological polar surface area (TPSA) is 51.2 Å². The summed E-state index contributed by atoms with van der Waals surface area (Å²) in [5.74, 6) is 0.0719. The number of aromatic nitrogens is 1. The Kier molecular flexibility index (Phi) is 2.73. The summed E-state index contributed by atoms with van der Waals surface area (Å²) < 4.78 is 14.0. The highest BCUT2D eigenvalue weighted by atomic mass is 19.1. The summed E-state index contributed by atoms with van der Waals surface area (Å²) in [7, 11) is 0. The van der Waals surface area contributed by atoms with E-state index in [1.165, 1.54) is 0 Å². The third-order valence-electron chi connectivity index (χ3n) is 2.86. The van der Waals surface area contributed by atoms with Crippen LogP contribution >= 0.6 is 0 Å². The smallest absolute Gasteiger partial charge is 0.201 e. The molecule has 0 bridgehead atoms. The van der Waals surface area contributed by atoms with E-state index in [2.05, 4.69) is 0 Å². The van der Waals surface area contributed by atoms with Crippen molar-refractivity contribution in [2.24, 2.45) is 0 Å². The molecule has 0 aliphatic heterocycles. The zero-order valence-electron chi connectivity index (χ0n) is 9.20. The highest BCUT2D eigenvalue weighted by molar-refractivity contribution is 5.99. The van der Waals surface area contributed by atoms with E-state index in [-0.39, 0.29) is 12.4 Å². The molecule has 0 amide bonds. The fourth-order valence-corrected chi connectivity index (χ4v) is 2.18. The minimum absolute atomic E-state index is 0.0719. The number of rotatable bonds is 3. The van der Waals surface area contributed by atoms with E-state index < -0.39 is 6.67 Å². The van der Waals surface area contributed by atoms with Crippen LogP contribution in [0.3, 0.4) is 0 Å². The monoisotopic (exact) mass is 222 g/mol. The van der Waals surface area contributed by atoms with Gasteiger partial charge in [0.1, 0.15) is 6.67 Å². The lowest BCUT2D eigenvalue weighted by Gasteiger charge is -2.05. The van der Waals surface area contributed by atoms with Crippen LogP contribution in [-0.2, 0) is 13.0 Å². The van der Waals surface area contributed by atoms with E-state index in [0.717, 1.165) is 17.5 Å². The molecule has 0 aliphatic carbocycles. The molecule has 0 radical (unpaired) electrons.